The van der Waals surface area contributed by atoms with Gasteiger partial charge in [-0.05, 0) is 12.8 Å². The van der Waals surface area contributed by atoms with Crippen LogP contribution in [0.1, 0.15) is 25.7 Å². The molecule has 2 nitrogen and oxygen atoms in total. The third-order valence-corrected chi connectivity index (χ3v) is 1.69. The molecule has 0 aliphatic heterocycles. The van der Waals surface area contributed by atoms with Gasteiger partial charge in [0, 0.05) is 0 Å². The monoisotopic (exact) mass is 114 g/mol. The van der Waals surface area contributed by atoms with Gasteiger partial charge in [0.25, 0.3) is 0 Å². The summed E-state index contributed by atoms with van der Waals surface area (Å²) in [7, 11) is 0. The molecule has 0 spiro atoms. The number of rotatable bonds is 1. The van der Waals surface area contributed by atoms with Crippen molar-refractivity contribution in [1.82, 2.24) is 0 Å². The lowest BCUT2D eigenvalue weighted by Gasteiger charge is -2.10. The van der Waals surface area contributed by atoms with E-state index in [1.165, 1.54) is 0 Å². The summed E-state index contributed by atoms with van der Waals surface area (Å²) in [6.07, 6.45) is 3.98. The van der Waals surface area contributed by atoms with Gasteiger partial charge >= 0.3 is 0 Å². The second-order valence-corrected chi connectivity index (χ2v) is 2.43. The van der Waals surface area contributed by atoms with Crippen LogP contribution in [0.5, 0.6) is 0 Å². The molecule has 1 saturated carbocycles. The van der Waals surface area contributed by atoms with E-state index in [2.05, 4.69) is 0 Å². The Kier molecular flexibility index (Phi) is 1.34. The average Bonchev–Trinajstić information content (AvgIpc) is 2.17. The zero-order valence-corrected chi connectivity index (χ0v) is 4.76. The van der Waals surface area contributed by atoms with Gasteiger partial charge in [-0.2, -0.15) is 0 Å². The van der Waals surface area contributed by atoms with Crippen LogP contribution in [-0.4, -0.2) is 17.0 Å². The average molecular weight is 114 g/mol. The van der Waals surface area contributed by atoms with Crippen molar-refractivity contribution >= 4 is 6.29 Å². The van der Waals surface area contributed by atoms with E-state index in [-0.39, 0.29) is 0 Å². The summed E-state index contributed by atoms with van der Waals surface area (Å²) in [4.78, 5) is 10.1. The Hall–Kier alpha value is -0.370. The van der Waals surface area contributed by atoms with Gasteiger partial charge in [0.15, 0.2) is 6.29 Å². The maximum atomic E-state index is 10.1. The molecule has 0 aromatic heterocycles. The summed E-state index contributed by atoms with van der Waals surface area (Å²) >= 11 is 0. The van der Waals surface area contributed by atoms with Crippen molar-refractivity contribution in [3.8, 4) is 0 Å². The molecule has 1 rings (SSSR count). The molecule has 1 N–H and O–H groups in total. The molecule has 0 unspecified atom stereocenters. The van der Waals surface area contributed by atoms with Crippen molar-refractivity contribution in [3.05, 3.63) is 0 Å². The van der Waals surface area contributed by atoms with E-state index in [1.807, 2.05) is 0 Å². The van der Waals surface area contributed by atoms with E-state index >= 15 is 0 Å². The second kappa shape index (κ2) is 1.86. The summed E-state index contributed by atoms with van der Waals surface area (Å²) in [6, 6.07) is 0. The number of aliphatic hydroxyl groups is 1. The molecule has 46 valence electrons. The first-order chi connectivity index (χ1) is 3.77. The van der Waals surface area contributed by atoms with Crippen LogP contribution in [0.4, 0.5) is 0 Å². The third-order valence-electron chi connectivity index (χ3n) is 1.69. The Morgan fingerprint density at radius 3 is 2.12 bits per heavy atom. The predicted octanol–water partition coefficient (Wildman–Crippen LogP) is 0.490. The lowest BCUT2D eigenvalue weighted by atomic mass is 10.1. The molecule has 1 fully saturated rings. The van der Waals surface area contributed by atoms with Crippen LogP contribution in [0.15, 0.2) is 0 Å². The molecular weight excluding hydrogens is 104 g/mol. The standard InChI is InChI=1S/C6H10O2/c7-5-6(8)3-1-2-4-6/h5,8H,1-4H2. The van der Waals surface area contributed by atoms with Crippen LogP contribution in [0.2, 0.25) is 0 Å². The highest BCUT2D eigenvalue weighted by Crippen LogP contribution is 2.26. The van der Waals surface area contributed by atoms with Crippen molar-refractivity contribution in [1.29, 1.82) is 0 Å². The van der Waals surface area contributed by atoms with Gasteiger partial charge in [-0.25, -0.2) is 0 Å². The van der Waals surface area contributed by atoms with Crippen LogP contribution in [0, 0.1) is 0 Å². The van der Waals surface area contributed by atoms with E-state index in [1.54, 1.807) is 0 Å². The molecule has 2 heteroatoms. The fraction of sp³-hybridized carbons (Fsp3) is 0.833. The highest BCUT2D eigenvalue weighted by atomic mass is 16.3. The molecule has 0 aromatic rings. The quantitative estimate of drug-likeness (QED) is 0.504. The Morgan fingerprint density at radius 1 is 1.38 bits per heavy atom. The van der Waals surface area contributed by atoms with E-state index in [0.717, 1.165) is 12.8 Å². The molecule has 0 atom stereocenters. The topological polar surface area (TPSA) is 37.3 Å². The highest BCUT2D eigenvalue weighted by Gasteiger charge is 2.29. The normalized spacial score (nSPS) is 25.6. The minimum atomic E-state index is -0.944. The summed E-state index contributed by atoms with van der Waals surface area (Å²) in [5.41, 5.74) is -0.944. The largest absolute Gasteiger partial charge is 0.382 e. The Bertz CT molecular complexity index is 92.7. The molecule has 0 heterocycles. The van der Waals surface area contributed by atoms with Gasteiger partial charge in [-0.1, -0.05) is 12.8 Å². The molecule has 0 saturated heterocycles. The number of aldehydes is 1. The smallest absolute Gasteiger partial charge is 0.151 e. The van der Waals surface area contributed by atoms with Crippen LogP contribution in [0.25, 0.3) is 0 Å². The third kappa shape index (κ3) is 0.892. The first-order valence-corrected chi connectivity index (χ1v) is 2.96. The molecular formula is C6H10O2. The van der Waals surface area contributed by atoms with Gasteiger partial charge < -0.3 is 9.90 Å². The van der Waals surface area contributed by atoms with Crippen molar-refractivity contribution < 1.29 is 9.90 Å². The van der Waals surface area contributed by atoms with E-state index in [0.29, 0.717) is 19.1 Å². The Labute approximate surface area is 48.5 Å². The molecule has 0 aromatic carbocycles. The first-order valence-electron chi connectivity index (χ1n) is 2.96. The SMILES string of the molecule is O=CC1(O)CCCC1. The highest BCUT2D eigenvalue weighted by molar-refractivity contribution is 5.62. The molecule has 1 aliphatic rings. The van der Waals surface area contributed by atoms with Gasteiger partial charge in [0.2, 0.25) is 0 Å². The lowest BCUT2D eigenvalue weighted by molar-refractivity contribution is -0.123. The maximum Gasteiger partial charge on any atom is 0.151 e. The summed E-state index contributed by atoms with van der Waals surface area (Å²) < 4.78 is 0. The number of carbonyl (C=O) groups is 1. The zero-order valence-electron chi connectivity index (χ0n) is 4.76. The minimum Gasteiger partial charge on any atom is -0.382 e. The van der Waals surface area contributed by atoms with E-state index in [9.17, 15) is 4.79 Å². The second-order valence-electron chi connectivity index (χ2n) is 2.43. The van der Waals surface area contributed by atoms with E-state index < -0.39 is 5.60 Å². The Morgan fingerprint density at radius 2 is 1.88 bits per heavy atom. The molecule has 8 heavy (non-hydrogen) atoms. The van der Waals surface area contributed by atoms with Gasteiger partial charge in [0.1, 0.15) is 5.60 Å². The van der Waals surface area contributed by atoms with Gasteiger partial charge in [-0.3, -0.25) is 0 Å². The van der Waals surface area contributed by atoms with Crippen molar-refractivity contribution in [2.24, 2.45) is 0 Å². The van der Waals surface area contributed by atoms with Gasteiger partial charge in [-0.15, -0.1) is 0 Å². The number of hydrogen-bond acceptors (Lipinski definition) is 2. The van der Waals surface area contributed by atoms with Crippen molar-refractivity contribution in [3.63, 3.8) is 0 Å². The molecule has 0 amide bonds. The van der Waals surface area contributed by atoms with Gasteiger partial charge in [0.05, 0.1) is 0 Å². The van der Waals surface area contributed by atoms with Crippen molar-refractivity contribution in [2.45, 2.75) is 31.3 Å². The van der Waals surface area contributed by atoms with Crippen LogP contribution >= 0.6 is 0 Å². The fourth-order valence-electron chi connectivity index (χ4n) is 1.11. The minimum absolute atomic E-state index is 0.663. The summed E-state index contributed by atoms with van der Waals surface area (Å²) in [5.74, 6) is 0. The first kappa shape index (κ1) is 5.76. The fourth-order valence-corrected chi connectivity index (χ4v) is 1.11. The van der Waals surface area contributed by atoms with Crippen LogP contribution < -0.4 is 0 Å². The number of carbonyl (C=O) groups excluding carboxylic acids is 1. The number of hydrogen-bond donors (Lipinski definition) is 1. The molecule has 0 bridgehead atoms. The molecule has 1 aliphatic carbocycles. The van der Waals surface area contributed by atoms with Crippen LogP contribution in [0.3, 0.4) is 0 Å². The predicted molar refractivity (Wildman–Crippen MR) is 29.5 cm³/mol. The maximum absolute atomic E-state index is 10.1. The van der Waals surface area contributed by atoms with Crippen LogP contribution in [-0.2, 0) is 4.79 Å². The lowest BCUT2D eigenvalue weighted by Crippen LogP contribution is -2.25. The van der Waals surface area contributed by atoms with E-state index in [4.69, 9.17) is 5.11 Å². The molecule has 0 radical (unpaired) electrons. The zero-order chi connectivity index (χ0) is 6.04. The Balaban J connectivity index is 2.52. The summed E-state index contributed by atoms with van der Waals surface area (Å²) in [5, 5.41) is 9.13. The van der Waals surface area contributed by atoms with Crippen molar-refractivity contribution in [2.75, 3.05) is 0 Å². The summed E-state index contributed by atoms with van der Waals surface area (Å²) in [6.45, 7) is 0.